The Morgan fingerprint density at radius 1 is 1.29 bits per heavy atom. The molecule has 0 bridgehead atoms. The smallest absolute Gasteiger partial charge is 0.219 e. The zero-order chi connectivity index (χ0) is 12.5. The van der Waals surface area contributed by atoms with Gasteiger partial charge in [0, 0.05) is 6.04 Å². The van der Waals surface area contributed by atoms with Gasteiger partial charge in [-0.1, -0.05) is 29.8 Å². The fraction of sp³-hybridized carbons (Fsp3) is 0.500. The Morgan fingerprint density at radius 2 is 1.88 bits per heavy atom. The van der Waals surface area contributed by atoms with Gasteiger partial charge < -0.3 is 4.74 Å². The molecule has 1 fully saturated rings. The first-order valence-corrected chi connectivity index (χ1v) is 7.19. The molecule has 0 aromatic heterocycles. The van der Waals surface area contributed by atoms with E-state index in [-0.39, 0.29) is 6.04 Å². The van der Waals surface area contributed by atoms with Gasteiger partial charge in [0.1, 0.15) is 5.25 Å². The number of benzene rings is 1. The minimum absolute atomic E-state index is 0.207. The van der Waals surface area contributed by atoms with Crippen molar-refractivity contribution in [2.75, 3.05) is 13.2 Å². The molecule has 0 amide bonds. The van der Waals surface area contributed by atoms with Crippen LogP contribution in [0.1, 0.15) is 24.1 Å². The van der Waals surface area contributed by atoms with Crippen molar-refractivity contribution >= 4 is 10.0 Å². The first-order valence-electron chi connectivity index (χ1n) is 5.64. The fourth-order valence-electron chi connectivity index (χ4n) is 1.66. The van der Waals surface area contributed by atoms with Crippen LogP contribution in [-0.2, 0) is 14.8 Å². The van der Waals surface area contributed by atoms with Crippen LogP contribution in [0.3, 0.4) is 0 Å². The van der Waals surface area contributed by atoms with Crippen molar-refractivity contribution in [1.82, 2.24) is 4.72 Å². The van der Waals surface area contributed by atoms with Crippen LogP contribution in [0.2, 0.25) is 0 Å². The highest BCUT2D eigenvalue weighted by atomic mass is 32.2. The van der Waals surface area contributed by atoms with E-state index in [0.29, 0.717) is 13.2 Å². The summed E-state index contributed by atoms with van der Waals surface area (Å²) >= 11 is 0. The van der Waals surface area contributed by atoms with Gasteiger partial charge in [-0.2, -0.15) is 0 Å². The zero-order valence-corrected chi connectivity index (χ0v) is 10.8. The van der Waals surface area contributed by atoms with E-state index in [9.17, 15) is 8.42 Å². The van der Waals surface area contributed by atoms with Crippen LogP contribution in [0, 0.1) is 6.92 Å². The van der Waals surface area contributed by atoms with Gasteiger partial charge in [0.15, 0.2) is 0 Å². The largest absolute Gasteiger partial charge is 0.378 e. The Labute approximate surface area is 102 Å². The third kappa shape index (κ3) is 2.86. The van der Waals surface area contributed by atoms with Gasteiger partial charge in [-0.3, -0.25) is 0 Å². The van der Waals surface area contributed by atoms with Crippen LogP contribution < -0.4 is 4.72 Å². The van der Waals surface area contributed by atoms with Gasteiger partial charge in [0.2, 0.25) is 10.0 Å². The lowest BCUT2D eigenvalue weighted by atomic mass is 10.1. The van der Waals surface area contributed by atoms with E-state index in [4.69, 9.17) is 4.74 Å². The van der Waals surface area contributed by atoms with Crippen molar-refractivity contribution in [1.29, 1.82) is 0 Å². The normalized spacial score (nSPS) is 18.7. The average molecular weight is 255 g/mol. The molecule has 1 aliphatic heterocycles. The molecule has 94 valence electrons. The summed E-state index contributed by atoms with van der Waals surface area (Å²) in [7, 11) is -3.26. The van der Waals surface area contributed by atoms with Crippen LogP contribution in [0.5, 0.6) is 0 Å². The maximum atomic E-state index is 11.9. The van der Waals surface area contributed by atoms with Crippen molar-refractivity contribution in [2.45, 2.75) is 25.1 Å². The predicted molar refractivity (Wildman–Crippen MR) is 66.3 cm³/mol. The minimum Gasteiger partial charge on any atom is -0.378 e. The summed E-state index contributed by atoms with van der Waals surface area (Å²) in [5.41, 5.74) is 2.13. The first kappa shape index (κ1) is 12.5. The SMILES string of the molecule is Cc1ccc(C(C)NS(=O)(=O)C2COC2)cc1. The summed E-state index contributed by atoms with van der Waals surface area (Å²) < 4.78 is 31.3. The zero-order valence-electron chi connectivity index (χ0n) is 10.0. The molecule has 0 spiro atoms. The molecule has 2 rings (SSSR count). The highest BCUT2D eigenvalue weighted by Gasteiger charge is 2.33. The average Bonchev–Trinajstić information content (AvgIpc) is 2.13. The van der Waals surface area contributed by atoms with Crippen LogP contribution in [-0.4, -0.2) is 26.9 Å². The summed E-state index contributed by atoms with van der Waals surface area (Å²) in [5.74, 6) is 0. The summed E-state index contributed by atoms with van der Waals surface area (Å²) in [4.78, 5) is 0. The van der Waals surface area contributed by atoms with E-state index in [0.717, 1.165) is 11.1 Å². The molecule has 0 saturated carbocycles. The number of hydrogen-bond acceptors (Lipinski definition) is 3. The van der Waals surface area contributed by atoms with Gasteiger partial charge in [-0.05, 0) is 19.4 Å². The van der Waals surface area contributed by atoms with Crippen molar-refractivity contribution in [3.63, 3.8) is 0 Å². The maximum Gasteiger partial charge on any atom is 0.219 e. The second-order valence-corrected chi connectivity index (χ2v) is 6.45. The molecule has 1 aromatic rings. The molecule has 1 saturated heterocycles. The standard InChI is InChI=1S/C12H17NO3S/c1-9-3-5-11(6-4-9)10(2)13-17(14,15)12-7-16-8-12/h3-6,10,12-13H,7-8H2,1-2H3. The molecular weight excluding hydrogens is 238 g/mol. The molecule has 0 radical (unpaired) electrons. The fourth-order valence-corrected chi connectivity index (χ4v) is 3.03. The molecule has 5 heteroatoms. The molecule has 0 aliphatic carbocycles. The van der Waals surface area contributed by atoms with E-state index < -0.39 is 15.3 Å². The van der Waals surface area contributed by atoms with Crippen LogP contribution in [0.15, 0.2) is 24.3 Å². The Hall–Kier alpha value is -0.910. The number of ether oxygens (including phenoxy) is 1. The number of nitrogens with one attached hydrogen (secondary N) is 1. The van der Waals surface area contributed by atoms with Gasteiger partial charge in [-0.15, -0.1) is 0 Å². The number of rotatable bonds is 4. The van der Waals surface area contributed by atoms with Crippen LogP contribution in [0.25, 0.3) is 0 Å². The van der Waals surface area contributed by atoms with E-state index in [1.54, 1.807) is 0 Å². The third-order valence-electron chi connectivity index (χ3n) is 2.96. The lowest BCUT2D eigenvalue weighted by molar-refractivity contribution is 0.0410. The molecule has 1 aliphatic rings. The van der Waals surface area contributed by atoms with Gasteiger partial charge in [0.05, 0.1) is 13.2 Å². The molecule has 1 N–H and O–H groups in total. The Kier molecular flexibility index (Phi) is 3.51. The summed E-state index contributed by atoms with van der Waals surface area (Å²) in [6.45, 7) is 4.46. The van der Waals surface area contributed by atoms with Gasteiger partial charge in [-0.25, -0.2) is 13.1 Å². The molecule has 1 aromatic carbocycles. The summed E-state index contributed by atoms with van der Waals surface area (Å²) in [6, 6.07) is 7.64. The maximum absolute atomic E-state index is 11.9. The van der Waals surface area contributed by atoms with E-state index in [1.807, 2.05) is 38.1 Å². The highest BCUT2D eigenvalue weighted by molar-refractivity contribution is 7.90. The Balaban J connectivity index is 2.05. The second-order valence-electron chi connectivity index (χ2n) is 4.45. The highest BCUT2D eigenvalue weighted by Crippen LogP contribution is 2.17. The summed E-state index contributed by atoms with van der Waals surface area (Å²) in [5, 5.41) is -0.393. The second kappa shape index (κ2) is 4.76. The topological polar surface area (TPSA) is 55.4 Å². The quantitative estimate of drug-likeness (QED) is 0.884. The third-order valence-corrected chi connectivity index (χ3v) is 4.80. The predicted octanol–water partition coefficient (Wildman–Crippen LogP) is 1.37. The monoisotopic (exact) mass is 255 g/mol. The van der Waals surface area contributed by atoms with Crippen molar-refractivity contribution in [3.05, 3.63) is 35.4 Å². The van der Waals surface area contributed by atoms with Crippen molar-refractivity contribution in [3.8, 4) is 0 Å². The van der Waals surface area contributed by atoms with Crippen LogP contribution >= 0.6 is 0 Å². The molecule has 1 atom stereocenters. The number of hydrogen-bond donors (Lipinski definition) is 1. The van der Waals surface area contributed by atoms with E-state index in [1.165, 1.54) is 0 Å². The molecular formula is C12H17NO3S. The van der Waals surface area contributed by atoms with Gasteiger partial charge >= 0.3 is 0 Å². The van der Waals surface area contributed by atoms with E-state index in [2.05, 4.69) is 4.72 Å². The Morgan fingerprint density at radius 3 is 2.35 bits per heavy atom. The van der Waals surface area contributed by atoms with Crippen molar-refractivity contribution in [2.24, 2.45) is 0 Å². The lowest BCUT2D eigenvalue weighted by Gasteiger charge is -2.27. The molecule has 1 heterocycles. The number of aryl methyl sites for hydroxylation is 1. The van der Waals surface area contributed by atoms with Gasteiger partial charge in [0.25, 0.3) is 0 Å². The number of sulfonamides is 1. The van der Waals surface area contributed by atoms with E-state index >= 15 is 0 Å². The van der Waals surface area contributed by atoms with Crippen molar-refractivity contribution < 1.29 is 13.2 Å². The first-order chi connectivity index (χ1) is 7.99. The molecule has 1 unspecified atom stereocenters. The summed E-state index contributed by atoms with van der Waals surface area (Å²) in [6.07, 6.45) is 0. The minimum atomic E-state index is -3.26. The molecule has 17 heavy (non-hydrogen) atoms. The Bertz CT molecular complexity index is 477. The lowest BCUT2D eigenvalue weighted by Crippen LogP contribution is -2.47. The van der Waals surface area contributed by atoms with Crippen LogP contribution in [0.4, 0.5) is 0 Å². The molecule has 4 nitrogen and oxygen atoms in total.